The monoisotopic (exact) mass is 188 g/mol. The van der Waals surface area contributed by atoms with Gasteiger partial charge in [-0.1, -0.05) is 6.92 Å². The molecule has 0 saturated heterocycles. The smallest absolute Gasteiger partial charge is 0.0746 e. The van der Waals surface area contributed by atoms with Crippen molar-refractivity contribution in [2.45, 2.75) is 32.8 Å². The normalized spacial score (nSPS) is 12.0. The van der Waals surface area contributed by atoms with Crippen molar-refractivity contribution >= 4 is 0 Å². The zero-order valence-corrected chi connectivity index (χ0v) is 9.44. The maximum atomic E-state index is 5.28. The van der Waals surface area contributed by atoms with Crippen LogP contribution in [0.25, 0.3) is 0 Å². The fourth-order valence-corrected chi connectivity index (χ4v) is 0.940. The van der Waals surface area contributed by atoms with Gasteiger partial charge in [0.05, 0.1) is 5.60 Å². The summed E-state index contributed by atoms with van der Waals surface area (Å²) in [5.41, 5.74) is -0.0508. The molecule has 13 heavy (non-hydrogen) atoms. The molecule has 3 heteroatoms. The summed E-state index contributed by atoms with van der Waals surface area (Å²) < 4.78 is 5.28. The van der Waals surface area contributed by atoms with Crippen LogP contribution in [0.1, 0.15) is 27.2 Å². The van der Waals surface area contributed by atoms with Gasteiger partial charge >= 0.3 is 0 Å². The summed E-state index contributed by atoms with van der Waals surface area (Å²) in [5.74, 6) is 0. The summed E-state index contributed by atoms with van der Waals surface area (Å²) in [7, 11) is 1.75. The van der Waals surface area contributed by atoms with Crippen LogP contribution in [0.15, 0.2) is 0 Å². The SMILES string of the molecule is CCCNCCNCC(C)(C)OC. The molecule has 0 aromatic heterocycles. The Morgan fingerprint density at radius 3 is 2.23 bits per heavy atom. The molecule has 0 aliphatic carbocycles. The third kappa shape index (κ3) is 8.22. The summed E-state index contributed by atoms with van der Waals surface area (Å²) in [4.78, 5) is 0. The minimum absolute atomic E-state index is 0.0508. The third-order valence-corrected chi connectivity index (χ3v) is 2.01. The predicted octanol–water partition coefficient (Wildman–Crippen LogP) is 1.00. The van der Waals surface area contributed by atoms with Gasteiger partial charge in [0.15, 0.2) is 0 Å². The van der Waals surface area contributed by atoms with Gasteiger partial charge in [0.25, 0.3) is 0 Å². The first-order chi connectivity index (χ1) is 6.12. The second-order valence-corrected chi connectivity index (χ2v) is 3.89. The Morgan fingerprint density at radius 2 is 1.69 bits per heavy atom. The molecular formula is C10H24N2O. The topological polar surface area (TPSA) is 33.3 Å². The second kappa shape index (κ2) is 7.30. The molecular weight excluding hydrogens is 164 g/mol. The average Bonchev–Trinajstić information content (AvgIpc) is 2.11. The van der Waals surface area contributed by atoms with Gasteiger partial charge in [-0.05, 0) is 26.8 Å². The van der Waals surface area contributed by atoms with Crippen LogP contribution in [0.3, 0.4) is 0 Å². The van der Waals surface area contributed by atoms with E-state index in [-0.39, 0.29) is 5.60 Å². The van der Waals surface area contributed by atoms with Gasteiger partial charge in [0, 0.05) is 26.7 Å². The number of rotatable bonds is 8. The van der Waals surface area contributed by atoms with Crippen LogP contribution in [-0.4, -0.2) is 38.9 Å². The van der Waals surface area contributed by atoms with Crippen LogP contribution in [0.4, 0.5) is 0 Å². The van der Waals surface area contributed by atoms with E-state index in [4.69, 9.17) is 4.74 Å². The Labute approximate surface area is 82.2 Å². The van der Waals surface area contributed by atoms with Crippen molar-refractivity contribution < 1.29 is 4.74 Å². The van der Waals surface area contributed by atoms with Crippen LogP contribution in [0.2, 0.25) is 0 Å². The van der Waals surface area contributed by atoms with E-state index in [1.54, 1.807) is 7.11 Å². The summed E-state index contributed by atoms with van der Waals surface area (Å²) in [6, 6.07) is 0. The van der Waals surface area contributed by atoms with Gasteiger partial charge in [-0.3, -0.25) is 0 Å². The van der Waals surface area contributed by atoms with Gasteiger partial charge in [0.1, 0.15) is 0 Å². The molecule has 0 atom stereocenters. The minimum Gasteiger partial charge on any atom is -0.377 e. The molecule has 0 fully saturated rings. The lowest BCUT2D eigenvalue weighted by molar-refractivity contribution is 0.0235. The van der Waals surface area contributed by atoms with Gasteiger partial charge < -0.3 is 15.4 Å². The fraction of sp³-hybridized carbons (Fsp3) is 1.00. The molecule has 0 saturated carbocycles. The zero-order valence-electron chi connectivity index (χ0n) is 9.44. The summed E-state index contributed by atoms with van der Waals surface area (Å²) in [5, 5.41) is 6.68. The van der Waals surface area contributed by atoms with Crippen molar-refractivity contribution in [1.82, 2.24) is 10.6 Å². The Hall–Kier alpha value is -0.120. The Morgan fingerprint density at radius 1 is 1.08 bits per heavy atom. The van der Waals surface area contributed by atoms with Gasteiger partial charge in [-0.15, -0.1) is 0 Å². The largest absolute Gasteiger partial charge is 0.377 e. The lowest BCUT2D eigenvalue weighted by atomic mass is 10.1. The van der Waals surface area contributed by atoms with Crippen molar-refractivity contribution in [1.29, 1.82) is 0 Å². The first kappa shape index (κ1) is 12.9. The Kier molecular flexibility index (Phi) is 7.23. The second-order valence-electron chi connectivity index (χ2n) is 3.89. The highest BCUT2D eigenvalue weighted by Gasteiger charge is 2.14. The maximum absolute atomic E-state index is 5.28. The fourth-order valence-electron chi connectivity index (χ4n) is 0.940. The molecule has 0 spiro atoms. The summed E-state index contributed by atoms with van der Waals surface area (Å²) >= 11 is 0. The lowest BCUT2D eigenvalue weighted by Crippen LogP contribution is -2.39. The van der Waals surface area contributed by atoms with Crippen molar-refractivity contribution in [3.05, 3.63) is 0 Å². The molecule has 0 radical (unpaired) electrons. The zero-order chi connectivity index (χ0) is 10.2. The third-order valence-electron chi connectivity index (χ3n) is 2.01. The van der Waals surface area contributed by atoms with Crippen LogP contribution in [0, 0.1) is 0 Å². The van der Waals surface area contributed by atoms with E-state index in [1.807, 2.05) is 0 Å². The van der Waals surface area contributed by atoms with Gasteiger partial charge in [-0.2, -0.15) is 0 Å². The van der Waals surface area contributed by atoms with Crippen LogP contribution >= 0.6 is 0 Å². The molecule has 0 aromatic rings. The van der Waals surface area contributed by atoms with Crippen LogP contribution in [-0.2, 0) is 4.74 Å². The first-order valence-electron chi connectivity index (χ1n) is 5.09. The van der Waals surface area contributed by atoms with E-state index in [1.165, 1.54) is 6.42 Å². The molecule has 0 amide bonds. The minimum atomic E-state index is -0.0508. The molecule has 0 heterocycles. The van der Waals surface area contributed by atoms with Crippen molar-refractivity contribution in [2.24, 2.45) is 0 Å². The van der Waals surface area contributed by atoms with Crippen molar-refractivity contribution in [2.75, 3.05) is 33.3 Å². The Balaban J connectivity index is 3.16. The summed E-state index contributed by atoms with van der Waals surface area (Å²) in [6.45, 7) is 10.4. The highest BCUT2D eigenvalue weighted by atomic mass is 16.5. The van der Waals surface area contributed by atoms with Crippen molar-refractivity contribution in [3.8, 4) is 0 Å². The van der Waals surface area contributed by atoms with E-state index >= 15 is 0 Å². The maximum Gasteiger partial charge on any atom is 0.0746 e. The number of hydrogen-bond acceptors (Lipinski definition) is 3. The molecule has 0 aliphatic rings. The molecule has 2 N–H and O–H groups in total. The highest BCUT2D eigenvalue weighted by molar-refractivity contribution is 4.70. The summed E-state index contributed by atoms with van der Waals surface area (Å²) in [6.07, 6.45) is 1.20. The number of ether oxygens (including phenoxy) is 1. The molecule has 0 aliphatic heterocycles. The lowest BCUT2D eigenvalue weighted by Gasteiger charge is -2.23. The molecule has 0 bridgehead atoms. The molecule has 0 unspecified atom stereocenters. The van der Waals surface area contributed by atoms with E-state index in [0.717, 1.165) is 26.2 Å². The predicted molar refractivity (Wildman–Crippen MR) is 57.1 cm³/mol. The van der Waals surface area contributed by atoms with E-state index < -0.39 is 0 Å². The standard InChI is InChI=1S/C10H24N2O/c1-5-6-11-7-8-12-9-10(2,3)13-4/h11-12H,5-9H2,1-4H3. The van der Waals surface area contributed by atoms with E-state index in [0.29, 0.717) is 0 Å². The van der Waals surface area contributed by atoms with Gasteiger partial charge in [-0.25, -0.2) is 0 Å². The van der Waals surface area contributed by atoms with E-state index in [2.05, 4.69) is 31.4 Å². The Bertz CT molecular complexity index is 115. The quantitative estimate of drug-likeness (QED) is 0.558. The van der Waals surface area contributed by atoms with Crippen molar-refractivity contribution in [3.63, 3.8) is 0 Å². The first-order valence-corrected chi connectivity index (χ1v) is 5.09. The van der Waals surface area contributed by atoms with Crippen LogP contribution < -0.4 is 10.6 Å². The molecule has 3 nitrogen and oxygen atoms in total. The number of hydrogen-bond donors (Lipinski definition) is 2. The average molecular weight is 188 g/mol. The highest BCUT2D eigenvalue weighted by Crippen LogP contribution is 2.03. The number of nitrogens with one attached hydrogen (secondary N) is 2. The van der Waals surface area contributed by atoms with Gasteiger partial charge in [0.2, 0.25) is 0 Å². The molecule has 80 valence electrons. The number of methoxy groups -OCH3 is 1. The molecule has 0 rings (SSSR count). The van der Waals surface area contributed by atoms with E-state index in [9.17, 15) is 0 Å². The molecule has 0 aromatic carbocycles. The van der Waals surface area contributed by atoms with Crippen LogP contribution in [0.5, 0.6) is 0 Å².